The number of carbonyl (C=O) groups excluding carboxylic acids is 1. The zero-order valence-corrected chi connectivity index (χ0v) is 23.2. The highest BCUT2D eigenvalue weighted by atomic mass is 16.3. The number of rotatable bonds is 26. The molecule has 0 aromatic carbocycles. The number of unbranched alkanes of at least 4 members (excludes halogenated alkanes) is 18. The second kappa shape index (κ2) is 26.2. The van der Waals surface area contributed by atoms with Crippen LogP contribution in [0.15, 0.2) is 12.2 Å². The summed E-state index contributed by atoms with van der Waals surface area (Å²) in [5.41, 5.74) is 0. The molecule has 0 rings (SSSR count). The molecule has 3 unspecified atom stereocenters. The standard InChI is InChI=1S/C30H59NO4/c1-3-5-7-9-11-13-14-15-16-17-19-20-22-24-28(33)27(26-32)31-30(35)29(34)25-23-21-18-12-10-8-6-4-2/h22,24,27-29,32-34H,3-21,23,25-26H2,1-2H3,(H,31,35)/b24-22+. The molecule has 35 heavy (non-hydrogen) atoms. The lowest BCUT2D eigenvalue weighted by atomic mass is 10.0. The van der Waals surface area contributed by atoms with Crippen LogP contribution in [0.2, 0.25) is 0 Å². The van der Waals surface area contributed by atoms with Gasteiger partial charge in [-0.1, -0.05) is 142 Å². The van der Waals surface area contributed by atoms with Crippen molar-refractivity contribution in [2.24, 2.45) is 0 Å². The van der Waals surface area contributed by atoms with Crippen LogP contribution < -0.4 is 5.32 Å². The Hall–Kier alpha value is -0.910. The maximum absolute atomic E-state index is 12.2. The van der Waals surface area contributed by atoms with Crippen LogP contribution in [0.5, 0.6) is 0 Å². The summed E-state index contributed by atoms with van der Waals surface area (Å²) in [6, 6.07) is -0.788. The maximum Gasteiger partial charge on any atom is 0.249 e. The molecule has 5 heteroatoms. The SMILES string of the molecule is CCCCCCCCCCCCC/C=C/C(O)C(CO)NC(=O)C(O)CCCCCCCCCC. The number of hydrogen-bond acceptors (Lipinski definition) is 4. The number of amides is 1. The summed E-state index contributed by atoms with van der Waals surface area (Å²) in [6.07, 6.45) is 26.5. The van der Waals surface area contributed by atoms with E-state index in [-0.39, 0.29) is 6.61 Å². The van der Waals surface area contributed by atoms with Gasteiger partial charge >= 0.3 is 0 Å². The Morgan fingerprint density at radius 1 is 0.686 bits per heavy atom. The number of aliphatic hydroxyl groups excluding tert-OH is 3. The average molecular weight is 498 g/mol. The maximum atomic E-state index is 12.2. The number of nitrogens with one attached hydrogen (secondary N) is 1. The van der Waals surface area contributed by atoms with E-state index in [2.05, 4.69) is 19.2 Å². The molecule has 0 saturated heterocycles. The van der Waals surface area contributed by atoms with E-state index in [1.807, 2.05) is 6.08 Å². The van der Waals surface area contributed by atoms with Gasteiger partial charge in [0.2, 0.25) is 5.91 Å². The first-order valence-electron chi connectivity index (χ1n) is 15.0. The van der Waals surface area contributed by atoms with Gasteiger partial charge in [-0.05, 0) is 19.3 Å². The van der Waals surface area contributed by atoms with Gasteiger partial charge in [-0.3, -0.25) is 4.79 Å². The van der Waals surface area contributed by atoms with E-state index < -0.39 is 24.2 Å². The van der Waals surface area contributed by atoms with Gasteiger partial charge in [-0.25, -0.2) is 0 Å². The summed E-state index contributed by atoms with van der Waals surface area (Å²) in [5.74, 6) is -0.509. The minimum absolute atomic E-state index is 0.361. The van der Waals surface area contributed by atoms with Gasteiger partial charge in [0.15, 0.2) is 0 Å². The Morgan fingerprint density at radius 3 is 1.57 bits per heavy atom. The first kappa shape index (κ1) is 34.1. The molecule has 0 aromatic heterocycles. The fraction of sp³-hybridized carbons (Fsp3) is 0.900. The predicted octanol–water partition coefficient (Wildman–Crippen LogP) is 6.97. The molecule has 0 spiro atoms. The highest BCUT2D eigenvalue weighted by molar-refractivity contribution is 5.80. The molecule has 0 aromatic rings. The molecule has 4 N–H and O–H groups in total. The van der Waals surface area contributed by atoms with Gasteiger partial charge < -0.3 is 20.6 Å². The normalized spacial score (nSPS) is 14.3. The van der Waals surface area contributed by atoms with Crippen molar-refractivity contribution in [3.8, 4) is 0 Å². The van der Waals surface area contributed by atoms with Gasteiger partial charge in [0, 0.05) is 0 Å². The Kier molecular flexibility index (Phi) is 25.5. The molecule has 3 atom stereocenters. The van der Waals surface area contributed by atoms with Gasteiger partial charge in [0.25, 0.3) is 0 Å². The highest BCUT2D eigenvalue weighted by Crippen LogP contribution is 2.13. The van der Waals surface area contributed by atoms with Gasteiger partial charge in [-0.2, -0.15) is 0 Å². The van der Waals surface area contributed by atoms with E-state index in [0.717, 1.165) is 32.1 Å². The lowest BCUT2D eigenvalue weighted by Gasteiger charge is -2.21. The fourth-order valence-electron chi connectivity index (χ4n) is 4.42. The van der Waals surface area contributed by atoms with Crippen molar-refractivity contribution in [3.63, 3.8) is 0 Å². The number of hydrogen-bond donors (Lipinski definition) is 4. The number of carbonyl (C=O) groups is 1. The topological polar surface area (TPSA) is 89.8 Å². The zero-order valence-electron chi connectivity index (χ0n) is 23.2. The third-order valence-electron chi connectivity index (χ3n) is 6.88. The van der Waals surface area contributed by atoms with E-state index in [1.165, 1.54) is 96.3 Å². The molecule has 0 aliphatic rings. The third kappa shape index (κ3) is 22.0. The van der Waals surface area contributed by atoms with Crippen LogP contribution in [0, 0.1) is 0 Å². The van der Waals surface area contributed by atoms with Crippen LogP contribution >= 0.6 is 0 Å². The van der Waals surface area contributed by atoms with Crippen molar-refractivity contribution < 1.29 is 20.1 Å². The lowest BCUT2D eigenvalue weighted by molar-refractivity contribution is -0.131. The van der Waals surface area contributed by atoms with E-state index >= 15 is 0 Å². The second-order valence-electron chi connectivity index (χ2n) is 10.3. The summed E-state index contributed by atoms with van der Waals surface area (Å²) >= 11 is 0. The molecular weight excluding hydrogens is 438 g/mol. The minimum atomic E-state index is -1.09. The zero-order chi connectivity index (χ0) is 26.0. The molecule has 0 heterocycles. The minimum Gasteiger partial charge on any atom is -0.394 e. The molecule has 5 nitrogen and oxygen atoms in total. The predicted molar refractivity (Wildman–Crippen MR) is 148 cm³/mol. The Balaban J connectivity index is 3.83. The summed E-state index contributed by atoms with van der Waals surface area (Å²) < 4.78 is 0. The molecule has 0 bridgehead atoms. The van der Waals surface area contributed by atoms with E-state index in [1.54, 1.807) is 6.08 Å². The van der Waals surface area contributed by atoms with Crippen molar-refractivity contribution in [2.75, 3.05) is 6.61 Å². The van der Waals surface area contributed by atoms with Crippen molar-refractivity contribution in [1.29, 1.82) is 0 Å². The van der Waals surface area contributed by atoms with E-state index in [0.29, 0.717) is 6.42 Å². The van der Waals surface area contributed by atoms with Crippen molar-refractivity contribution in [1.82, 2.24) is 5.32 Å². The van der Waals surface area contributed by atoms with E-state index in [9.17, 15) is 20.1 Å². The monoisotopic (exact) mass is 497 g/mol. The summed E-state index contributed by atoms with van der Waals surface area (Å²) in [5, 5.41) is 32.6. The summed E-state index contributed by atoms with van der Waals surface area (Å²) in [7, 11) is 0. The molecule has 0 saturated carbocycles. The smallest absolute Gasteiger partial charge is 0.249 e. The molecule has 0 aliphatic carbocycles. The van der Waals surface area contributed by atoms with Crippen molar-refractivity contribution >= 4 is 5.91 Å². The Bertz CT molecular complexity index is 483. The molecular formula is C30H59NO4. The van der Waals surface area contributed by atoms with Crippen molar-refractivity contribution in [3.05, 3.63) is 12.2 Å². The Labute approximate surface area is 217 Å². The molecule has 0 radical (unpaired) electrons. The second-order valence-corrected chi connectivity index (χ2v) is 10.3. The van der Waals surface area contributed by atoms with Crippen LogP contribution in [0.1, 0.15) is 149 Å². The van der Waals surface area contributed by atoms with Gasteiger partial charge in [-0.15, -0.1) is 0 Å². The molecule has 0 aliphatic heterocycles. The fourth-order valence-corrected chi connectivity index (χ4v) is 4.42. The number of allylic oxidation sites excluding steroid dienone is 1. The summed E-state index contributed by atoms with van der Waals surface area (Å²) in [6.45, 7) is 4.10. The van der Waals surface area contributed by atoms with Gasteiger partial charge in [0.1, 0.15) is 6.10 Å². The van der Waals surface area contributed by atoms with Crippen LogP contribution in [-0.4, -0.2) is 46.1 Å². The first-order valence-corrected chi connectivity index (χ1v) is 15.0. The molecule has 0 fully saturated rings. The number of aliphatic hydroxyl groups is 3. The van der Waals surface area contributed by atoms with Crippen LogP contribution in [0.3, 0.4) is 0 Å². The average Bonchev–Trinajstić information content (AvgIpc) is 2.86. The first-order chi connectivity index (χ1) is 17.1. The van der Waals surface area contributed by atoms with Gasteiger partial charge in [0.05, 0.1) is 18.8 Å². The van der Waals surface area contributed by atoms with E-state index in [4.69, 9.17) is 0 Å². The third-order valence-corrected chi connectivity index (χ3v) is 6.88. The van der Waals surface area contributed by atoms with Crippen LogP contribution in [0.25, 0.3) is 0 Å². The lowest BCUT2D eigenvalue weighted by Crippen LogP contribution is -2.48. The summed E-state index contributed by atoms with van der Waals surface area (Å²) in [4.78, 5) is 12.2. The largest absolute Gasteiger partial charge is 0.394 e. The molecule has 208 valence electrons. The Morgan fingerprint density at radius 2 is 1.11 bits per heavy atom. The van der Waals surface area contributed by atoms with Crippen LogP contribution in [0.4, 0.5) is 0 Å². The highest BCUT2D eigenvalue weighted by Gasteiger charge is 2.22. The quantitative estimate of drug-likeness (QED) is 0.0767. The van der Waals surface area contributed by atoms with Crippen molar-refractivity contribution in [2.45, 2.75) is 167 Å². The molecule has 1 amide bonds. The van der Waals surface area contributed by atoms with Crippen LogP contribution in [-0.2, 0) is 4.79 Å².